The van der Waals surface area contributed by atoms with Gasteiger partial charge in [-0.15, -0.1) is 0 Å². The lowest BCUT2D eigenvalue weighted by molar-refractivity contribution is -0.143. The Balaban J connectivity index is 4.23. The van der Waals surface area contributed by atoms with Crippen LogP contribution in [0, 0.1) is 0 Å². The topological polar surface area (TPSA) is 35.5 Å². The summed E-state index contributed by atoms with van der Waals surface area (Å²) < 4.78 is 11.2. The van der Waals surface area contributed by atoms with Gasteiger partial charge in [-0.3, -0.25) is 0 Å². The molecule has 0 aromatic carbocycles. The maximum Gasteiger partial charge on any atom is 0.330 e. The zero-order chi connectivity index (χ0) is 14.7. The standard InChI is InChI=1S/C15H30O3Si/c1-6-9-10-11-14(18-15(16)7-2)12-13-19(4,5)17-8-3/h7,14H,2,6,8-13H2,1,3-5H3. The van der Waals surface area contributed by atoms with Crippen molar-refractivity contribution in [3.05, 3.63) is 12.7 Å². The van der Waals surface area contributed by atoms with Gasteiger partial charge in [-0.25, -0.2) is 4.79 Å². The van der Waals surface area contributed by atoms with Gasteiger partial charge in [-0.2, -0.15) is 0 Å². The lowest BCUT2D eigenvalue weighted by atomic mass is 10.1. The van der Waals surface area contributed by atoms with Crippen molar-refractivity contribution in [2.24, 2.45) is 0 Å². The van der Waals surface area contributed by atoms with Crippen molar-refractivity contribution in [2.75, 3.05) is 6.61 Å². The molecule has 0 saturated carbocycles. The van der Waals surface area contributed by atoms with Crippen LogP contribution in [0.15, 0.2) is 12.7 Å². The molecule has 0 aromatic rings. The smallest absolute Gasteiger partial charge is 0.330 e. The number of hydrogen-bond acceptors (Lipinski definition) is 3. The largest absolute Gasteiger partial charge is 0.459 e. The van der Waals surface area contributed by atoms with Gasteiger partial charge in [0, 0.05) is 12.7 Å². The number of esters is 1. The first-order chi connectivity index (χ1) is 8.95. The minimum absolute atomic E-state index is 0.0179. The monoisotopic (exact) mass is 286 g/mol. The van der Waals surface area contributed by atoms with Crippen LogP contribution in [0.4, 0.5) is 0 Å². The summed E-state index contributed by atoms with van der Waals surface area (Å²) >= 11 is 0. The van der Waals surface area contributed by atoms with Crippen molar-refractivity contribution in [3.8, 4) is 0 Å². The molecule has 112 valence electrons. The highest BCUT2D eigenvalue weighted by atomic mass is 28.4. The normalized spacial score (nSPS) is 13.1. The summed E-state index contributed by atoms with van der Waals surface area (Å²) in [7, 11) is -1.59. The molecule has 19 heavy (non-hydrogen) atoms. The van der Waals surface area contributed by atoms with E-state index in [1.54, 1.807) is 0 Å². The summed E-state index contributed by atoms with van der Waals surface area (Å²) in [5.41, 5.74) is 0. The molecular weight excluding hydrogens is 256 g/mol. The van der Waals surface area contributed by atoms with Crippen LogP contribution in [0.25, 0.3) is 0 Å². The van der Waals surface area contributed by atoms with E-state index >= 15 is 0 Å². The second-order valence-corrected chi connectivity index (χ2v) is 9.80. The molecule has 0 amide bonds. The van der Waals surface area contributed by atoms with Crippen LogP contribution in [0.3, 0.4) is 0 Å². The van der Waals surface area contributed by atoms with Gasteiger partial charge in [-0.05, 0) is 45.3 Å². The Bertz CT molecular complexity index is 264. The Kier molecular flexibility index (Phi) is 9.88. The van der Waals surface area contributed by atoms with E-state index in [-0.39, 0.29) is 12.1 Å². The molecule has 1 atom stereocenters. The molecule has 0 saturated heterocycles. The van der Waals surface area contributed by atoms with Gasteiger partial charge >= 0.3 is 5.97 Å². The minimum atomic E-state index is -1.59. The molecule has 0 bridgehead atoms. The third-order valence-electron chi connectivity index (χ3n) is 3.18. The first-order valence-electron chi connectivity index (χ1n) is 7.42. The molecule has 0 aliphatic heterocycles. The first kappa shape index (κ1) is 18.4. The lowest BCUT2D eigenvalue weighted by Gasteiger charge is -2.25. The fraction of sp³-hybridized carbons (Fsp3) is 0.800. The maximum atomic E-state index is 11.3. The van der Waals surface area contributed by atoms with Crippen molar-refractivity contribution in [3.63, 3.8) is 0 Å². The minimum Gasteiger partial charge on any atom is -0.459 e. The van der Waals surface area contributed by atoms with Crippen molar-refractivity contribution in [2.45, 2.75) is 71.2 Å². The molecule has 0 spiro atoms. The van der Waals surface area contributed by atoms with Crippen molar-refractivity contribution < 1.29 is 14.0 Å². The number of rotatable bonds is 11. The second-order valence-electron chi connectivity index (χ2n) is 5.49. The lowest BCUT2D eigenvalue weighted by Crippen LogP contribution is -2.32. The highest BCUT2D eigenvalue weighted by Gasteiger charge is 2.24. The summed E-state index contributed by atoms with van der Waals surface area (Å²) in [5.74, 6) is -0.308. The van der Waals surface area contributed by atoms with Crippen molar-refractivity contribution >= 4 is 14.3 Å². The molecule has 0 heterocycles. The van der Waals surface area contributed by atoms with E-state index in [9.17, 15) is 4.79 Å². The summed E-state index contributed by atoms with van der Waals surface area (Å²) in [6.45, 7) is 12.9. The van der Waals surface area contributed by atoms with E-state index < -0.39 is 8.32 Å². The Morgan fingerprint density at radius 2 is 1.95 bits per heavy atom. The molecule has 0 fully saturated rings. The predicted octanol–water partition coefficient (Wildman–Crippen LogP) is 4.30. The summed E-state index contributed by atoms with van der Waals surface area (Å²) in [6.07, 6.45) is 6.60. The zero-order valence-corrected chi connectivity index (χ0v) is 14.0. The molecular formula is C15H30O3Si. The third-order valence-corrected chi connectivity index (χ3v) is 5.75. The Labute approximate surface area is 119 Å². The number of unbranched alkanes of at least 4 members (excludes halogenated alkanes) is 2. The van der Waals surface area contributed by atoms with Crippen LogP contribution in [0.2, 0.25) is 19.1 Å². The highest BCUT2D eigenvalue weighted by Crippen LogP contribution is 2.20. The molecule has 0 rings (SSSR count). The number of carbonyl (C=O) groups is 1. The average Bonchev–Trinajstić information content (AvgIpc) is 2.35. The SMILES string of the molecule is C=CC(=O)OC(CCCCC)CC[Si](C)(C)OCC. The van der Waals surface area contributed by atoms with Gasteiger partial charge in [-0.1, -0.05) is 26.3 Å². The van der Waals surface area contributed by atoms with E-state index in [0.717, 1.165) is 31.9 Å². The van der Waals surface area contributed by atoms with E-state index in [1.165, 1.54) is 18.9 Å². The fourth-order valence-electron chi connectivity index (χ4n) is 2.07. The average molecular weight is 286 g/mol. The van der Waals surface area contributed by atoms with Gasteiger partial charge in [0.15, 0.2) is 8.32 Å². The van der Waals surface area contributed by atoms with Crippen LogP contribution in [0.1, 0.15) is 46.0 Å². The number of ether oxygens (including phenoxy) is 1. The number of carbonyl (C=O) groups excluding carboxylic acids is 1. The maximum absolute atomic E-state index is 11.3. The van der Waals surface area contributed by atoms with Gasteiger partial charge in [0.05, 0.1) is 0 Å². The van der Waals surface area contributed by atoms with Crippen LogP contribution >= 0.6 is 0 Å². The van der Waals surface area contributed by atoms with E-state index in [2.05, 4.69) is 26.6 Å². The predicted molar refractivity (Wildman–Crippen MR) is 82.8 cm³/mol. The zero-order valence-electron chi connectivity index (χ0n) is 13.0. The van der Waals surface area contributed by atoms with Gasteiger partial charge in [0.1, 0.15) is 6.10 Å². The summed E-state index contributed by atoms with van der Waals surface area (Å²) in [5, 5.41) is 0. The van der Waals surface area contributed by atoms with Crippen LogP contribution in [-0.2, 0) is 14.0 Å². The van der Waals surface area contributed by atoms with Gasteiger partial charge < -0.3 is 9.16 Å². The van der Waals surface area contributed by atoms with Crippen LogP contribution < -0.4 is 0 Å². The van der Waals surface area contributed by atoms with Gasteiger partial charge in [0.25, 0.3) is 0 Å². The molecule has 0 aromatic heterocycles. The van der Waals surface area contributed by atoms with Crippen LogP contribution in [-0.4, -0.2) is 27.0 Å². The van der Waals surface area contributed by atoms with Crippen molar-refractivity contribution in [1.29, 1.82) is 0 Å². The van der Waals surface area contributed by atoms with E-state index in [0.29, 0.717) is 0 Å². The number of hydrogen-bond donors (Lipinski definition) is 0. The van der Waals surface area contributed by atoms with Gasteiger partial charge in [0.2, 0.25) is 0 Å². The third kappa shape index (κ3) is 9.90. The first-order valence-corrected chi connectivity index (χ1v) is 10.5. The second kappa shape index (κ2) is 10.2. The molecule has 4 heteroatoms. The Hall–Kier alpha value is -0.613. The highest BCUT2D eigenvalue weighted by molar-refractivity contribution is 6.71. The molecule has 0 aliphatic carbocycles. The Morgan fingerprint density at radius 3 is 2.47 bits per heavy atom. The van der Waals surface area contributed by atoms with E-state index in [4.69, 9.17) is 9.16 Å². The molecule has 0 radical (unpaired) electrons. The summed E-state index contributed by atoms with van der Waals surface area (Å²) in [6, 6.07) is 1.03. The molecule has 3 nitrogen and oxygen atoms in total. The fourth-order valence-corrected chi connectivity index (χ4v) is 4.01. The quantitative estimate of drug-likeness (QED) is 0.246. The Morgan fingerprint density at radius 1 is 1.26 bits per heavy atom. The molecule has 1 unspecified atom stereocenters. The van der Waals surface area contributed by atoms with Crippen LogP contribution in [0.5, 0.6) is 0 Å². The molecule has 0 aliphatic rings. The molecule has 0 N–H and O–H groups in total. The van der Waals surface area contributed by atoms with Crippen molar-refractivity contribution in [1.82, 2.24) is 0 Å². The summed E-state index contributed by atoms with van der Waals surface area (Å²) in [4.78, 5) is 11.3. The van der Waals surface area contributed by atoms with E-state index in [1.807, 2.05) is 6.92 Å².